The van der Waals surface area contributed by atoms with Crippen LogP contribution in [-0.2, 0) is 32.7 Å². The first-order valence-corrected chi connectivity index (χ1v) is 17.9. The molecule has 2 N–H and O–H groups in total. The number of benzene rings is 2. The number of ether oxygens (including phenoxy) is 2. The molecule has 2 aromatic heterocycles. The number of carbonyl (C=O) groups is 3. The van der Waals surface area contributed by atoms with E-state index in [9.17, 15) is 27.2 Å². The zero-order valence-corrected chi connectivity index (χ0v) is 28.8. The molecule has 0 aliphatic carbocycles. The van der Waals surface area contributed by atoms with Gasteiger partial charge in [-0.1, -0.05) is 13.0 Å². The molecular weight excluding hydrogens is 667 g/mol. The highest BCUT2D eigenvalue weighted by molar-refractivity contribution is 7.89. The van der Waals surface area contributed by atoms with Gasteiger partial charge in [0, 0.05) is 43.0 Å². The molecule has 4 aromatic rings. The fourth-order valence-electron chi connectivity index (χ4n) is 6.09. The highest BCUT2D eigenvalue weighted by Gasteiger charge is 2.41. The van der Waals surface area contributed by atoms with Gasteiger partial charge in [0.1, 0.15) is 23.0 Å². The predicted octanol–water partition coefficient (Wildman–Crippen LogP) is 3.49. The molecule has 0 spiro atoms. The standard InChI is InChI=1S/C35H39FN6O7S/c1-4-8-40-20-33(43)39-30-18-41(50(46,47)22(2)3)19-31(30)48-21-23-10-26(36)15-28(11-23)49-29-13-24(12-25(14-29)35(40)45)34(44)38-17-27-16-37-32-7-5-6-9-42(27)32/h5-7,9-16,22,30-31H,4,8,17-21H2,1-3H3,(H,38,44)(H,39,43)/t30-,31-/m1/s1. The van der Waals surface area contributed by atoms with Gasteiger partial charge in [0.15, 0.2) is 0 Å². The molecule has 2 aliphatic heterocycles. The van der Waals surface area contributed by atoms with E-state index in [4.69, 9.17) is 9.47 Å². The summed E-state index contributed by atoms with van der Waals surface area (Å²) in [4.78, 5) is 46.7. The quantitative estimate of drug-likeness (QED) is 0.297. The molecule has 50 heavy (non-hydrogen) atoms. The van der Waals surface area contributed by atoms with E-state index < -0.39 is 51.0 Å². The molecule has 1 fully saturated rings. The summed E-state index contributed by atoms with van der Waals surface area (Å²) in [6.07, 6.45) is 3.29. The van der Waals surface area contributed by atoms with Gasteiger partial charge in [0.05, 0.1) is 49.0 Å². The Morgan fingerprint density at radius 3 is 2.68 bits per heavy atom. The number of fused-ring (bicyclic) bond motifs is 6. The van der Waals surface area contributed by atoms with Crippen molar-refractivity contribution >= 4 is 33.4 Å². The number of hydrogen-bond acceptors (Lipinski definition) is 8. The third-order valence-corrected chi connectivity index (χ3v) is 10.8. The Bertz CT molecular complexity index is 2030. The number of aromatic nitrogens is 2. The third kappa shape index (κ3) is 7.64. The van der Waals surface area contributed by atoms with E-state index in [1.165, 1.54) is 39.5 Å². The lowest BCUT2D eigenvalue weighted by atomic mass is 10.1. The molecule has 1 saturated heterocycles. The summed E-state index contributed by atoms with van der Waals surface area (Å²) < 4.78 is 56.2. The Kier molecular flexibility index (Phi) is 10.2. The molecule has 15 heteroatoms. The van der Waals surface area contributed by atoms with Crippen LogP contribution >= 0.6 is 0 Å². The van der Waals surface area contributed by atoms with Crippen molar-refractivity contribution in [2.75, 3.05) is 26.2 Å². The van der Waals surface area contributed by atoms with Gasteiger partial charge in [-0.2, -0.15) is 4.31 Å². The largest absolute Gasteiger partial charge is 0.457 e. The zero-order valence-electron chi connectivity index (χ0n) is 28.0. The van der Waals surface area contributed by atoms with Gasteiger partial charge in [0.25, 0.3) is 11.8 Å². The summed E-state index contributed by atoms with van der Waals surface area (Å²) in [6.45, 7) is 4.93. The lowest BCUT2D eigenvalue weighted by Gasteiger charge is -2.25. The van der Waals surface area contributed by atoms with E-state index in [2.05, 4.69) is 15.6 Å². The van der Waals surface area contributed by atoms with E-state index >= 15 is 0 Å². The highest BCUT2D eigenvalue weighted by atomic mass is 32.2. The van der Waals surface area contributed by atoms with Gasteiger partial charge < -0.3 is 29.4 Å². The molecule has 2 aromatic carbocycles. The smallest absolute Gasteiger partial charge is 0.254 e. The van der Waals surface area contributed by atoms with Gasteiger partial charge in [-0.3, -0.25) is 14.4 Å². The normalized spacial score (nSPS) is 18.9. The van der Waals surface area contributed by atoms with Crippen LogP contribution in [0.1, 0.15) is 59.2 Å². The topological polar surface area (TPSA) is 152 Å². The van der Waals surface area contributed by atoms with Crippen LogP contribution in [0.25, 0.3) is 5.65 Å². The molecule has 0 unspecified atom stereocenters. The number of halogens is 1. The van der Waals surface area contributed by atoms with Gasteiger partial charge >= 0.3 is 0 Å². The zero-order chi connectivity index (χ0) is 35.6. The van der Waals surface area contributed by atoms with Crippen molar-refractivity contribution in [2.24, 2.45) is 0 Å². The van der Waals surface area contributed by atoms with E-state index in [-0.39, 0.29) is 62.0 Å². The Morgan fingerprint density at radius 1 is 1.10 bits per heavy atom. The van der Waals surface area contributed by atoms with Crippen LogP contribution in [0, 0.1) is 5.82 Å². The number of hydrogen-bond donors (Lipinski definition) is 2. The van der Waals surface area contributed by atoms with E-state index in [1.54, 1.807) is 26.1 Å². The molecule has 13 nitrogen and oxygen atoms in total. The fraction of sp³-hybridized carbons (Fsp3) is 0.371. The van der Waals surface area contributed by atoms with Crippen LogP contribution < -0.4 is 15.4 Å². The number of pyridine rings is 1. The first kappa shape index (κ1) is 35.0. The fourth-order valence-corrected chi connectivity index (χ4v) is 7.41. The second-order valence-electron chi connectivity index (χ2n) is 12.7. The number of nitrogens with zero attached hydrogens (tertiary/aromatic N) is 4. The lowest BCUT2D eigenvalue weighted by Crippen LogP contribution is -2.49. The maximum Gasteiger partial charge on any atom is 0.254 e. The SMILES string of the molecule is CCCN1CC(=O)N[C@@H]2CN(S(=O)(=O)C(C)C)C[C@H]2OCc2cc(F)cc(c2)Oc2cc(C(=O)NCc3cnc4ccccn34)cc(c2)C1=O. The summed E-state index contributed by atoms with van der Waals surface area (Å²) in [7, 11) is -3.67. The number of nitrogens with one attached hydrogen (secondary N) is 2. The van der Waals surface area contributed by atoms with Crippen LogP contribution in [0.3, 0.4) is 0 Å². The minimum Gasteiger partial charge on any atom is -0.457 e. The van der Waals surface area contributed by atoms with Crippen molar-refractivity contribution in [3.63, 3.8) is 0 Å². The molecule has 4 bridgehead atoms. The third-order valence-electron chi connectivity index (χ3n) is 8.62. The van der Waals surface area contributed by atoms with Crippen LogP contribution in [-0.4, -0.2) is 88.3 Å². The number of amides is 3. The Labute approximate surface area is 289 Å². The van der Waals surface area contributed by atoms with Crippen LogP contribution in [0.5, 0.6) is 11.5 Å². The van der Waals surface area contributed by atoms with Crippen molar-refractivity contribution < 1.29 is 36.7 Å². The Morgan fingerprint density at radius 2 is 1.90 bits per heavy atom. The number of rotatable bonds is 7. The number of carbonyl (C=O) groups excluding carboxylic acids is 3. The average Bonchev–Trinajstić information content (AvgIpc) is 3.69. The molecular formula is C35H39FN6O7S. The van der Waals surface area contributed by atoms with Crippen molar-refractivity contribution in [1.82, 2.24) is 29.2 Å². The summed E-state index contributed by atoms with van der Waals surface area (Å²) >= 11 is 0. The van der Waals surface area contributed by atoms with Crippen molar-refractivity contribution in [1.29, 1.82) is 0 Å². The van der Waals surface area contributed by atoms with Crippen LogP contribution in [0.2, 0.25) is 0 Å². The van der Waals surface area contributed by atoms with Crippen LogP contribution in [0.4, 0.5) is 4.39 Å². The minimum absolute atomic E-state index is 0.00556. The van der Waals surface area contributed by atoms with E-state index in [0.717, 1.165) is 11.3 Å². The first-order valence-electron chi connectivity index (χ1n) is 16.4. The Balaban J connectivity index is 1.33. The molecule has 2 aliphatic rings. The predicted molar refractivity (Wildman–Crippen MR) is 182 cm³/mol. The summed E-state index contributed by atoms with van der Waals surface area (Å²) in [5, 5.41) is 5.05. The second-order valence-corrected chi connectivity index (χ2v) is 15.2. The lowest BCUT2D eigenvalue weighted by molar-refractivity contribution is -0.123. The molecule has 0 radical (unpaired) electrons. The molecule has 0 saturated carbocycles. The molecule has 6 rings (SSSR count). The highest BCUT2D eigenvalue weighted by Crippen LogP contribution is 2.28. The van der Waals surface area contributed by atoms with Gasteiger partial charge in [-0.25, -0.2) is 17.8 Å². The molecule has 264 valence electrons. The molecule has 3 amide bonds. The maximum absolute atomic E-state index is 14.9. The summed E-state index contributed by atoms with van der Waals surface area (Å²) in [5.74, 6) is -1.94. The maximum atomic E-state index is 14.9. The first-order chi connectivity index (χ1) is 23.9. The van der Waals surface area contributed by atoms with Crippen molar-refractivity contribution in [2.45, 2.75) is 57.7 Å². The van der Waals surface area contributed by atoms with Crippen molar-refractivity contribution in [3.05, 3.63) is 95.2 Å². The van der Waals surface area contributed by atoms with Gasteiger partial charge in [0.2, 0.25) is 15.9 Å². The summed E-state index contributed by atoms with van der Waals surface area (Å²) in [5.41, 5.74) is 2.06. The Hall–Kier alpha value is -4.86. The van der Waals surface area contributed by atoms with Gasteiger partial charge in [-0.15, -0.1) is 0 Å². The average molecular weight is 707 g/mol. The van der Waals surface area contributed by atoms with E-state index in [1.807, 2.05) is 35.7 Å². The van der Waals surface area contributed by atoms with E-state index in [0.29, 0.717) is 12.0 Å². The monoisotopic (exact) mass is 706 g/mol. The number of imidazole rings is 1. The summed E-state index contributed by atoms with van der Waals surface area (Å²) in [6, 6.07) is 13.2. The second kappa shape index (κ2) is 14.5. The minimum atomic E-state index is -3.67. The molecule has 2 atom stereocenters. The van der Waals surface area contributed by atoms with Crippen LogP contribution in [0.15, 0.2) is 67.0 Å². The van der Waals surface area contributed by atoms with Crippen molar-refractivity contribution in [3.8, 4) is 11.5 Å². The number of sulfonamides is 1. The van der Waals surface area contributed by atoms with Gasteiger partial charge in [-0.05, 0) is 68.3 Å². The molecule has 4 heterocycles.